The first kappa shape index (κ1) is 25.1. The Morgan fingerprint density at radius 2 is 1.47 bits per heavy atom. The van der Waals surface area contributed by atoms with Crippen molar-refractivity contribution in [3.8, 4) is 28.4 Å². The number of carbonyl (C=O) groups is 2. The van der Waals surface area contributed by atoms with Crippen molar-refractivity contribution in [3.63, 3.8) is 0 Å². The van der Waals surface area contributed by atoms with Gasteiger partial charge in [0.1, 0.15) is 17.2 Å². The first-order valence-electron chi connectivity index (χ1n) is 11.5. The largest absolute Gasteiger partial charge is 0.496 e. The normalized spacial score (nSPS) is 10.8. The van der Waals surface area contributed by atoms with E-state index in [1.807, 2.05) is 12.1 Å². The van der Waals surface area contributed by atoms with Crippen LogP contribution in [0.5, 0.6) is 17.2 Å². The van der Waals surface area contributed by atoms with E-state index in [1.54, 1.807) is 26.4 Å². The molecule has 0 aliphatic heterocycles. The Balaban J connectivity index is 1.91. The first-order valence-corrected chi connectivity index (χ1v) is 11.5. The summed E-state index contributed by atoms with van der Waals surface area (Å²) in [6.07, 6.45) is 4.60. The number of rotatable bonds is 11. The van der Waals surface area contributed by atoms with Gasteiger partial charge in [-0.1, -0.05) is 31.0 Å². The lowest BCUT2D eigenvalue weighted by molar-refractivity contribution is -0.137. The zero-order chi connectivity index (χ0) is 24.7. The predicted molar refractivity (Wildman–Crippen MR) is 133 cm³/mol. The molecular formula is C28H32O6. The van der Waals surface area contributed by atoms with E-state index < -0.39 is 5.97 Å². The fourth-order valence-electron chi connectivity index (χ4n) is 4.39. The highest BCUT2D eigenvalue weighted by molar-refractivity contribution is 5.98. The van der Waals surface area contributed by atoms with Gasteiger partial charge in [-0.3, -0.25) is 9.59 Å². The Kier molecular flexibility index (Phi) is 8.52. The van der Waals surface area contributed by atoms with Crippen molar-refractivity contribution in [2.45, 2.75) is 52.4 Å². The molecule has 6 nitrogen and oxygen atoms in total. The van der Waals surface area contributed by atoms with Gasteiger partial charge in [-0.15, -0.1) is 0 Å². The molecule has 6 heteroatoms. The molecule has 0 heterocycles. The van der Waals surface area contributed by atoms with Crippen LogP contribution >= 0.6 is 0 Å². The zero-order valence-electron chi connectivity index (χ0n) is 20.3. The number of hydrogen-bond acceptors (Lipinski definition) is 5. The summed E-state index contributed by atoms with van der Waals surface area (Å²) in [4.78, 5) is 21.9. The van der Waals surface area contributed by atoms with Crippen molar-refractivity contribution < 1.29 is 28.9 Å². The third-order valence-electron chi connectivity index (χ3n) is 6.00. The number of carboxylic acid groups (broad SMARTS) is 1. The third-order valence-corrected chi connectivity index (χ3v) is 6.00. The fourth-order valence-corrected chi connectivity index (χ4v) is 4.39. The molecule has 0 saturated carbocycles. The minimum Gasteiger partial charge on any atom is -0.496 e. The molecule has 0 aromatic heterocycles. The monoisotopic (exact) mass is 464 g/mol. The van der Waals surface area contributed by atoms with Gasteiger partial charge in [0.25, 0.3) is 0 Å². The molecule has 3 rings (SSSR count). The topological polar surface area (TPSA) is 82.1 Å². The zero-order valence-corrected chi connectivity index (χ0v) is 20.3. The quantitative estimate of drug-likeness (QED) is 0.203. The van der Waals surface area contributed by atoms with Gasteiger partial charge in [-0.25, -0.2) is 0 Å². The maximum absolute atomic E-state index is 11.2. The molecule has 0 aliphatic rings. The number of aliphatic carboxylic acids is 1. The van der Waals surface area contributed by atoms with Crippen LogP contribution in [-0.4, -0.2) is 31.3 Å². The summed E-state index contributed by atoms with van der Waals surface area (Å²) in [6, 6.07) is 13.6. The molecule has 0 saturated heterocycles. The molecule has 3 aromatic carbocycles. The number of methoxy groups -OCH3 is 2. The number of esters is 1. The van der Waals surface area contributed by atoms with Gasteiger partial charge in [0.05, 0.1) is 14.2 Å². The predicted octanol–water partition coefficient (Wildman–Crippen LogP) is 6.34. The number of benzene rings is 3. The number of fused-ring (bicyclic) bond motifs is 1. The second kappa shape index (κ2) is 11.5. The van der Waals surface area contributed by atoms with Gasteiger partial charge < -0.3 is 19.3 Å². The van der Waals surface area contributed by atoms with Crippen LogP contribution in [0.1, 0.15) is 50.2 Å². The smallest absolute Gasteiger partial charge is 0.308 e. The summed E-state index contributed by atoms with van der Waals surface area (Å²) in [6.45, 7) is 3.44. The van der Waals surface area contributed by atoms with Crippen LogP contribution in [-0.2, 0) is 16.0 Å². The molecule has 180 valence electrons. The van der Waals surface area contributed by atoms with E-state index in [4.69, 9.17) is 19.3 Å². The molecule has 0 radical (unpaired) electrons. The maximum Gasteiger partial charge on any atom is 0.308 e. The summed E-state index contributed by atoms with van der Waals surface area (Å²) in [7, 11) is 3.38. The summed E-state index contributed by atoms with van der Waals surface area (Å²) in [5.74, 6) is 1.11. The first-order chi connectivity index (χ1) is 16.3. The van der Waals surface area contributed by atoms with Gasteiger partial charge >= 0.3 is 11.9 Å². The second-order valence-electron chi connectivity index (χ2n) is 8.36. The molecule has 1 N–H and O–H groups in total. The van der Waals surface area contributed by atoms with Crippen LogP contribution in [0.2, 0.25) is 0 Å². The average Bonchev–Trinajstić information content (AvgIpc) is 2.81. The van der Waals surface area contributed by atoms with Crippen molar-refractivity contribution >= 4 is 22.7 Å². The molecule has 0 amide bonds. The van der Waals surface area contributed by atoms with Gasteiger partial charge in [-0.05, 0) is 67.1 Å². The van der Waals surface area contributed by atoms with E-state index in [9.17, 15) is 9.59 Å². The standard InChI is InChI=1S/C28H32O6/c1-18-23(9-7-5-6-8-10-26(30)31)28(33-4)24-16-13-21(17-25(24)27(18)32-3)20-11-14-22(15-12-20)34-19(2)29/h11-17H,5-10H2,1-4H3,(H,30,31). The van der Waals surface area contributed by atoms with E-state index >= 15 is 0 Å². The van der Waals surface area contributed by atoms with E-state index in [-0.39, 0.29) is 12.4 Å². The maximum atomic E-state index is 11.2. The van der Waals surface area contributed by atoms with Crippen molar-refractivity contribution in [2.75, 3.05) is 14.2 Å². The third kappa shape index (κ3) is 5.87. The lowest BCUT2D eigenvalue weighted by Gasteiger charge is -2.19. The average molecular weight is 465 g/mol. The highest BCUT2D eigenvalue weighted by atomic mass is 16.5. The van der Waals surface area contributed by atoms with Crippen molar-refractivity contribution in [1.29, 1.82) is 0 Å². The number of carboxylic acids is 1. The summed E-state index contributed by atoms with van der Waals surface area (Å²) >= 11 is 0. The molecule has 3 aromatic rings. The summed E-state index contributed by atoms with van der Waals surface area (Å²) < 4.78 is 16.8. The molecular weight excluding hydrogens is 432 g/mol. The van der Waals surface area contributed by atoms with Crippen LogP contribution in [0, 0.1) is 6.92 Å². The molecule has 0 unspecified atom stereocenters. The minimum absolute atomic E-state index is 0.223. The minimum atomic E-state index is -0.739. The highest BCUT2D eigenvalue weighted by Gasteiger charge is 2.19. The Bertz CT molecular complexity index is 1160. The van der Waals surface area contributed by atoms with Gasteiger partial charge in [0.15, 0.2) is 0 Å². The molecule has 34 heavy (non-hydrogen) atoms. The van der Waals surface area contributed by atoms with E-state index in [0.29, 0.717) is 12.2 Å². The Morgan fingerprint density at radius 1 is 0.824 bits per heavy atom. The van der Waals surface area contributed by atoms with Crippen LogP contribution in [0.15, 0.2) is 42.5 Å². The highest BCUT2D eigenvalue weighted by Crippen LogP contribution is 2.42. The molecule has 0 bridgehead atoms. The fraction of sp³-hybridized carbons (Fsp3) is 0.357. The Hall–Kier alpha value is -3.54. The number of unbranched alkanes of at least 4 members (excludes halogenated alkanes) is 3. The molecule has 0 aliphatic carbocycles. The molecule has 0 spiro atoms. The second-order valence-corrected chi connectivity index (χ2v) is 8.36. The number of ether oxygens (including phenoxy) is 3. The number of hydrogen-bond donors (Lipinski definition) is 1. The van der Waals surface area contributed by atoms with Crippen LogP contribution in [0.25, 0.3) is 21.9 Å². The van der Waals surface area contributed by atoms with Crippen LogP contribution < -0.4 is 14.2 Å². The van der Waals surface area contributed by atoms with Crippen molar-refractivity contribution in [2.24, 2.45) is 0 Å². The van der Waals surface area contributed by atoms with Crippen LogP contribution in [0.4, 0.5) is 0 Å². The number of carbonyl (C=O) groups excluding carboxylic acids is 1. The lowest BCUT2D eigenvalue weighted by atomic mass is 9.92. The molecule has 0 fully saturated rings. The Labute approximate surface area is 200 Å². The Morgan fingerprint density at radius 3 is 2.09 bits per heavy atom. The summed E-state index contributed by atoms with van der Waals surface area (Å²) in [5.41, 5.74) is 4.21. The van der Waals surface area contributed by atoms with E-state index in [0.717, 1.165) is 70.2 Å². The van der Waals surface area contributed by atoms with Gasteiger partial charge in [0, 0.05) is 29.7 Å². The van der Waals surface area contributed by atoms with E-state index in [2.05, 4.69) is 25.1 Å². The molecule has 0 atom stereocenters. The van der Waals surface area contributed by atoms with Gasteiger partial charge in [0.2, 0.25) is 0 Å². The van der Waals surface area contributed by atoms with Crippen molar-refractivity contribution in [3.05, 3.63) is 53.6 Å². The summed E-state index contributed by atoms with van der Waals surface area (Å²) in [5, 5.41) is 10.8. The van der Waals surface area contributed by atoms with Crippen molar-refractivity contribution in [1.82, 2.24) is 0 Å². The SMILES string of the molecule is COc1c(C)c(CCCCCCC(=O)O)c(OC)c2ccc(-c3ccc(OC(C)=O)cc3)cc12. The van der Waals surface area contributed by atoms with E-state index in [1.165, 1.54) is 6.92 Å². The van der Waals surface area contributed by atoms with Crippen LogP contribution in [0.3, 0.4) is 0 Å². The lowest BCUT2D eigenvalue weighted by Crippen LogP contribution is -2.01. The van der Waals surface area contributed by atoms with Gasteiger partial charge in [-0.2, -0.15) is 0 Å².